The maximum absolute atomic E-state index is 12.6. The van der Waals surface area contributed by atoms with E-state index < -0.39 is 0 Å². The molecule has 0 spiro atoms. The Morgan fingerprint density at radius 3 is 2.44 bits per heavy atom. The molecule has 132 valence electrons. The number of phenolic OH excluding ortho intramolecular Hbond substituents is 1. The first kappa shape index (κ1) is 18.7. The lowest BCUT2D eigenvalue weighted by molar-refractivity contribution is -0.111. The highest BCUT2D eigenvalue weighted by molar-refractivity contribution is 7.13. The lowest BCUT2D eigenvalue weighted by atomic mass is 10.2. The second kappa shape index (κ2) is 8.48. The number of amides is 2. The Labute approximate surface area is 151 Å². The van der Waals surface area contributed by atoms with Crippen LogP contribution in [-0.2, 0) is 4.79 Å². The van der Waals surface area contributed by atoms with Gasteiger partial charge in [0.05, 0.1) is 5.69 Å². The maximum Gasteiger partial charge on any atom is 0.266 e. The molecule has 0 unspecified atom stereocenters. The van der Waals surface area contributed by atoms with Gasteiger partial charge in [-0.25, -0.2) is 0 Å². The van der Waals surface area contributed by atoms with E-state index in [1.807, 2.05) is 26.2 Å². The van der Waals surface area contributed by atoms with Crippen LogP contribution >= 0.6 is 11.3 Å². The molecule has 0 saturated carbocycles. The Morgan fingerprint density at radius 1 is 1.20 bits per heavy atom. The van der Waals surface area contributed by atoms with Crippen molar-refractivity contribution >= 4 is 34.9 Å². The van der Waals surface area contributed by atoms with Crippen molar-refractivity contribution in [3.63, 3.8) is 0 Å². The van der Waals surface area contributed by atoms with E-state index in [9.17, 15) is 14.7 Å². The number of carbonyl (C=O) groups is 2. The number of nitrogens with zero attached hydrogens (tertiary/aromatic N) is 1. The van der Waals surface area contributed by atoms with Gasteiger partial charge in [0.1, 0.15) is 10.6 Å². The van der Waals surface area contributed by atoms with E-state index in [1.165, 1.54) is 17.4 Å². The predicted molar refractivity (Wildman–Crippen MR) is 102 cm³/mol. The average molecular weight is 358 g/mol. The summed E-state index contributed by atoms with van der Waals surface area (Å²) in [6.45, 7) is 6.98. The Balaban J connectivity index is 2.14. The number of anilines is 1. The van der Waals surface area contributed by atoms with E-state index in [2.05, 4.69) is 5.32 Å². The van der Waals surface area contributed by atoms with Gasteiger partial charge in [-0.15, -0.1) is 11.3 Å². The van der Waals surface area contributed by atoms with Crippen LogP contribution in [-0.4, -0.2) is 34.9 Å². The van der Waals surface area contributed by atoms with Gasteiger partial charge in [0.25, 0.3) is 5.91 Å². The molecule has 0 atom stereocenters. The average Bonchev–Trinajstić information content (AvgIpc) is 2.96. The third-order valence-corrected chi connectivity index (χ3v) is 4.87. The maximum atomic E-state index is 12.6. The van der Waals surface area contributed by atoms with E-state index in [0.717, 1.165) is 11.1 Å². The van der Waals surface area contributed by atoms with Gasteiger partial charge in [-0.2, -0.15) is 0 Å². The van der Waals surface area contributed by atoms with Crippen LogP contribution in [0.5, 0.6) is 5.75 Å². The number of thiophene rings is 1. The highest BCUT2D eigenvalue weighted by Crippen LogP contribution is 2.29. The van der Waals surface area contributed by atoms with Gasteiger partial charge in [0.15, 0.2) is 0 Å². The molecule has 25 heavy (non-hydrogen) atoms. The first-order valence-electron chi connectivity index (χ1n) is 8.11. The van der Waals surface area contributed by atoms with Crippen LogP contribution in [0.3, 0.4) is 0 Å². The number of phenols is 1. The van der Waals surface area contributed by atoms with E-state index in [4.69, 9.17) is 0 Å². The van der Waals surface area contributed by atoms with E-state index >= 15 is 0 Å². The lowest BCUT2D eigenvalue weighted by Crippen LogP contribution is -2.30. The predicted octanol–water partition coefficient (Wildman–Crippen LogP) is 3.90. The Morgan fingerprint density at radius 2 is 1.84 bits per heavy atom. The quantitative estimate of drug-likeness (QED) is 0.770. The molecule has 0 saturated heterocycles. The zero-order valence-corrected chi connectivity index (χ0v) is 15.4. The minimum atomic E-state index is -0.303. The van der Waals surface area contributed by atoms with E-state index in [0.29, 0.717) is 23.7 Å². The molecule has 2 amide bonds. The lowest BCUT2D eigenvalue weighted by Gasteiger charge is -2.18. The number of benzene rings is 1. The molecule has 0 bridgehead atoms. The van der Waals surface area contributed by atoms with Gasteiger partial charge in [-0.05, 0) is 55.5 Å². The summed E-state index contributed by atoms with van der Waals surface area (Å²) in [5.74, 6) is -0.195. The topological polar surface area (TPSA) is 69.6 Å². The van der Waals surface area contributed by atoms with E-state index in [1.54, 1.807) is 35.2 Å². The van der Waals surface area contributed by atoms with Crippen molar-refractivity contribution in [2.45, 2.75) is 20.8 Å². The van der Waals surface area contributed by atoms with Crippen molar-refractivity contribution in [1.29, 1.82) is 0 Å². The number of aryl methyl sites for hydroxylation is 1. The molecule has 2 rings (SSSR count). The number of carbonyl (C=O) groups excluding carboxylic acids is 2. The number of hydrogen-bond acceptors (Lipinski definition) is 4. The molecule has 0 radical (unpaired) electrons. The van der Waals surface area contributed by atoms with Crippen LogP contribution in [0.25, 0.3) is 6.08 Å². The summed E-state index contributed by atoms with van der Waals surface area (Å²) < 4.78 is 0. The first-order valence-corrected chi connectivity index (χ1v) is 8.99. The zero-order valence-electron chi connectivity index (χ0n) is 14.6. The van der Waals surface area contributed by atoms with Gasteiger partial charge in [0.2, 0.25) is 5.91 Å². The standard InChI is InChI=1S/C19H22N2O3S/c1-4-21(5-2)19(24)18-17(13(3)12-25-18)20-16(23)11-8-14-6-9-15(22)10-7-14/h6-12,22H,4-5H2,1-3H3,(H,20,23). The normalized spacial score (nSPS) is 10.8. The monoisotopic (exact) mass is 358 g/mol. The molecule has 0 aliphatic heterocycles. The van der Waals surface area contributed by atoms with Gasteiger partial charge in [-0.1, -0.05) is 12.1 Å². The number of aromatic hydroxyl groups is 1. The van der Waals surface area contributed by atoms with Gasteiger partial charge in [-0.3, -0.25) is 9.59 Å². The van der Waals surface area contributed by atoms with Crippen molar-refractivity contribution in [1.82, 2.24) is 4.90 Å². The summed E-state index contributed by atoms with van der Waals surface area (Å²) in [4.78, 5) is 27.1. The van der Waals surface area contributed by atoms with Crippen LogP contribution in [0.4, 0.5) is 5.69 Å². The van der Waals surface area contributed by atoms with E-state index in [-0.39, 0.29) is 17.6 Å². The van der Waals surface area contributed by atoms with Gasteiger partial charge < -0.3 is 15.3 Å². The molecular weight excluding hydrogens is 336 g/mol. The van der Waals surface area contributed by atoms with Crippen molar-refractivity contribution in [2.75, 3.05) is 18.4 Å². The summed E-state index contributed by atoms with van der Waals surface area (Å²) in [7, 11) is 0. The molecule has 1 aromatic carbocycles. The largest absolute Gasteiger partial charge is 0.508 e. The first-order chi connectivity index (χ1) is 12.0. The molecule has 0 aliphatic rings. The third-order valence-electron chi connectivity index (χ3n) is 3.79. The minimum Gasteiger partial charge on any atom is -0.508 e. The Bertz CT molecular complexity index is 774. The molecule has 1 aromatic heterocycles. The molecular formula is C19H22N2O3S. The fraction of sp³-hybridized carbons (Fsp3) is 0.263. The summed E-state index contributed by atoms with van der Waals surface area (Å²) in [5.41, 5.74) is 2.24. The van der Waals surface area contributed by atoms with Gasteiger partial charge >= 0.3 is 0 Å². The third kappa shape index (κ3) is 4.70. The van der Waals surface area contributed by atoms with Crippen molar-refractivity contribution < 1.29 is 14.7 Å². The summed E-state index contributed by atoms with van der Waals surface area (Å²) in [6, 6.07) is 6.54. The van der Waals surface area contributed by atoms with Crippen molar-refractivity contribution in [2.24, 2.45) is 0 Å². The highest BCUT2D eigenvalue weighted by Gasteiger charge is 2.21. The molecule has 2 aromatic rings. The SMILES string of the molecule is CCN(CC)C(=O)c1scc(C)c1NC(=O)C=Cc1ccc(O)cc1. The van der Waals surface area contributed by atoms with Crippen LogP contribution in [0.15, 0.2) is 35.7 Å². The van der Waals surface area contributed by atoms with Crippen molar-refractivity contribution in [3.8, 4) is 5.75 Å². The fourth-order valence-corrected chi connectivity index (χ4v) is 3.31. The minimum absolute atomic E-state index is 0.0686. The van der Waals surface area contributed by atoms with Crippen LogP contribution < -0.4 is 5.32 Å². The second-order valence-electron chi connectivity index (χ2n) is 5.51. The molecule has 0 aliphatic carbocycles. The fourth-order valence-electron chi connectivity index (χ4n) is 2.33. The second-order valence-corrected chi connectivity index (χ2v) is 6.39. The smallest absolute Gasteiger partial charge is 0.266 e. The van der Waals surface area contributed by atoms with Crippen molar-refractivity contribution in [3.05, 3.63) is 51.7 Å². The Kier molecular flexibility index (Phi) is 6.36. The molecule has 2 N–H and O–H groups in total. The number of hydrogen-bond donors (Lipinski definition) is 2. The van der Waals surface area contributed by atoms with Crippen LogP contribution in [0.1, 0.15) is 34.6 Å². The summed E-state index contributed by atoms with van der Waals surface area (Å²) in [6.07, 6.45) is 3.07. The zero-order chi connectivity index (χ0) is 18.4. The van der Waals surface area contributed by atoms with Gasteiger partial charge in [0, 0.05) is 19.2 Å². The molecule has 0 fully saturated rings. The molecule has 5 nitrogen and oxygen atoms in total. The Hall–Kier alpha value is -2.60. The van der Waals surface area contributed by atoms with Crippen LogP contribution in [0.2, 0.25) is 0 Å². The molecule has 6 heteroatoms. The highest BCUT2D eigenvalue weighted by atomic mass is 32.1. The number of rotatable bonds is 6. The summed E-state index contributed by atoms with van der Waals surface area (Å²) in [5, 5.41) is 13.9. The van der Waals surface area contributed by atoms with Crippen LogP contribution in [0, 0.1) is 6.92 Å². The molecule has 1 heterocycles. The summed E-state index contributed by atoms with van der Waals surface area (Å²) >= 11 is 1.34. The number of nitrogens with one attached hydrogen (secondary N) is 1.